The molecule has 0 saturated heterocycles. The molecule has 0 bridgehead atoms. The lowest BCUT2D eigenvalue weighted by atomic mass is 10.0. The van der Waals surface area contributed by atoms with Crippen LogP contribution in [0.5, 0.6) is 0 Å². The third-order valence-corrected chi connectivity index (χ3v) is 4.51. The zero-order valence-electron chi connectivity index (χ0n) is 15.7. The van der Waals surface area contributed by atoms with Crippen LogP contribution >= 0.6 is 0 Å². The molecule has 3 aromatic rings. The van der Waals surface area contributed by atoms with E-state index in [9.17, 15) is 9.59 Å². The van der Waals surface area contributed by atoms with E-state index in [0.29, 0.717) is 12.1 Å². The van der Waals surface area contributed by atoms with Crippen LogP contribution in [0.4, 0.5) is 0 Å². The van der Waals surface area contributed by atoms with Crippen molar-refractivity contribution < 1.29 is 9.59 Å². The molecule has 2 N–H and O–H groups in total. The van der Waals surface area contributed by atoms with Crippen molar-refractivity contribution in [2.24, 2.45) is 0 Å². The van der Waals surface area contributed by atoms with E-state index in [2.05, 4.69) is 10.6 Å². The van der Waals surface area contributed by atoms with Gasteiger partial charge >= 0.3 is 0 Å². The minimum Gasteiger partial charge on any atom is -0.356 e. The van der Waals surface area contributed by atoms with Crippen LogP contribution in [0, 0.1) is 0 Å². The largest absolute Gasteiger partial charge is 0.356 e. The molecule has 0 aromatic heterocycles. The molecule has 0 aliphatic rings. The lowest BCUT2D eigenvalue weighted by Gasteiger charge is -2.19. The summed E-state index contributed by atoms with van der Waals surface area (Å²) in [6.45, 7) is 0.566. The fraction of sp³-hybridized carbons (Fsp3) is 0.167. The predicted molar refractivity (Wildman–Crippen MR) is 111 cm³/mol. The second-order valence-corrected chi connectivity index (χ2v) is 6.59. The molecule has 1 atom stereocenters. The number of benzene rings is 3. The summed E-state index contributed by atoms with van der Waals surface area (Å²) in [5.74, 6) is -0.273. The Kier molecular flexibility index (Phi) is 6.96. The van der Waals surface area contributed by atoms with Gasteiger partial charge in [0.15, 0.2) is 0 Å². The highest BCUT2D eigenvalue weighted by molar-refractivity contribution is 5.94. The van der Waals surface area contributed by atoms with Crippen molar-refractivity contribution in [2.45, 2.75) is 18.9 Å². The molecule has 0 spiro atoms. The Morgan fingerprint density at radius 1 is 0.750 bits per heavy atom. The summed E-state index contributed by atoms with van der Waals surface area (Å²) in [6.07, 6.45) is 0.969. The summed E-state index contributed by atoms with van der Waals surface area (Å²) in [5, 5.41) is 5.94. The van der Waals surface area contributed by atoms with Gasteiger partial charge in [-0.05, 0) is 29.7 Å². The molecule has 0 radical (unpaired) electrons. The van der Waals surface area contributed by atoms with E-state index in [-0.39, 0.29) is 24.3 Å². The molecule has 2 amide bonds. The van der Waals surface area contributed by atoms with Crippen LogP contribution in [0.3, 0.4) is 0 Å². The van der Waals surface area contributed by atoms with Gasteiger partial charge in [-0.3, -0.25) is 9.59 Å². The molecule has 0 saturated carbocycles. The van der Waals surface area contributed by atoms with E-state index < -0.39 is 0 Å². The van der Waals surface area contributed by atoms with Crippen molar-refractivity contribution in [2.75, 3.05) is 6.54 Å². The molecular weight excluding hydrogens is 348 g/mol. The van der Waals surface area contributed by atoms with Crippen LogP contribution in [-0.4, -0.2) is 18.4 Å². The summed E-state index contributed by atoms with van der Waals surface area (Å²) in [7, 11) is 0. The second-order valence-electron chi connectivity index (χ2n) is 6.59. The normalized spacial score (nSPS) is 11.4. The minimum atomic E-state index is -0.384. The van der Waals surface area contributed by atoms with Crippen molar-refractivity contribution in [3.63, 3.8) is 0 Å². The maximum absolute atomic E-state index is 12.6. The summed E-state index contributed by atoms with van der Waals surface area (Å²) in [6, 6.07) is 28.3. The molecule has 4 heteroatoms. The molecule has 3 rings (SSSR count). The SMILES string of the molecule is O=C(C[C@H](NC(=O)c1ccccc1)c1ccccc1)NCCc1ccccc1. The number of rotatable bonds is 8. The van der Waals surface area contributed by atoms with E-state index in [1.165, 1.54) is 5.56 Å². The Morgan fingerprint density at radius 2 is 1.32 bits per heavy atom. The van der Waals surface area contributed by atoms with Crippen LogP contribution in [0.2, 0.25) is 0 Å². The van der Waals surface area contributed by atoms with Gasteiger partial charge in [0.05, 0.1) is 12.5 Å². The maximum atomic E-state index is 12.6. The van der Waals surface area contributed by atoms with Crippen LogP contribution in [0.1, 0.15) is 33.9 Å². The molecule has 0 heterocycles. The van der Waals surface area contributed by atoms with Crippen LogP contribution < -0.4 is 10.6 Å². The monoisotopic (exact) mass is 372 g/mol. The van der Waals surface area contributed by atoms with E-state index in [0.717, 1.165) is 12.0 Å². The van der Waals surface area contributed by atoms with Crippen molar-refractivity contribution in [1.82, 2.24) is 10.6 Å². The Morgan fingerprint density at radius 3 is 1.96 bits per heavy atom. The number of amides is 2. The first kappa shape index (κ1) is 19.4. The van der Waals surface area contributed by atoms with Gasteiger partial charge < -0.3 is 10.6 Å². The topological polar surface area (TPSA) is 58.2 Å². The minimum absolute atomic E-state index is 0.0851. The summed E-state index contributed by atoms with van der Waals surface area (Å²) in [4.78, 5) is 25.0. The standard InChI is InChI=1S/C24H24N2O2/c27-23(25-17-16-19-10-4-1-5-11-19)18-22(20-12-6-2-7-13-20)26-24(28)21-14-8-3-9-15-21/h1-15,22H,16-18H2,(H,25,27)(H,26,28)/t22-/m0/s1. The third-order valence-electron chi connectivity index (χ3n) is 4.51. The summed E-state index contributed by atoms with van der Waals surface area (Å²) >= 11 is 0. The predicted octanol–water partition coefficient (Wildman–Crippen LogP) is 3.91. The van der Waals surface area contributed by atoms with Crippen LogP contribution in [-0.2, 0) is 11.2 Å². The fourth-order valence-corrected chi connectivity index (χ4v) is 3.02. The Hall–Kier alpha value is -3.40. The highest BCUT2D eigenvalue weighted by Gasteiger charge is 2.19. The molecule has 0 fully saturated rings. The lowest BCUT2D eigenvalue weighted by molar-refractivity contribution is -0.121. The zero-order valence-corrected chi connectivity index (χ0v) is 15.7. The van der Waals surface area contributed by atoms with E-state index in [1.807, 2.05) is 78.9 Å². The summed E-state index contributed by atoms with van der Waals surface area (Å²) in [5.41, 5.74) is 2.66. The van der Waals surface area contributed by atoms with Gasteiger partial charge in [-0.1, -0.05) is 78.9 Å². The Bertz CT molecular complexity index is 880. The van der Waals surface area contributed by atoms with Gasteiger partial charge in [0.1, 0.15) is 0 Å². The second kappa shape index (κ2) is 10.1. The quantitative estimate of drug-likeness (QED) is 0.630. The van der Waals surface area contributed by atoms with E-state index in [4.69, 9.17) is 0 Å². The third kappa shape index (κ3) is 5.81. The van der Waals surface area contributed by atoms with E-state index >= 15 is 0 Å². The maximum Gasteiger partial charge on any atom is 0.251 e. The number of nitrogens with one attached hydrogen (secondary N) is 2. The van der Waals surface area contributed by atoms with Gasteiger partial charge in [0.25, 0.3) is 5.91 Å². The molecule has 142 valence electrons. The molecule has 3 aromatic carbocycles. The number of hydrogen-bond acceptors (Lipinski definition) is 2. The van der Waals surface area contributed by atoms with Crippen molar-refractivity contribution in [3.8, 4) is 0 Å². The first-order valence-electron chi connectivity index (χ1n) is 9.44. The molecular formula is C24H24N2O2. The molecule has 4 nitrogen and oxygen atoms in total. The first-order valence-corrected chi connectivity index (χ1v) is 9.44. The van der Waals surface area contributed by atoms with Crippen LogP contribution in [0.15, 0.2) is 91.0 Å². The Balaban J connectivity index is 1.60. The van der Waals surface area contributed by atoms with Gasteiger partial charge in [0, 0.05) is 12.1 Å². The van der Waals surface area contributed by atoms with Gasteiger partial charge in [-0.25, -0.2) is 0 Å². The zero-order chi connectivity index (χ0) is 19.6. The smallest absolute Gasteiger partial charge is 0.251 e. The first-order chi connectivity index (χ1) is 13.7. The van der Waals surface area contributed by atoms with E-state index in [1.54, 1.807) is 12.1 Å². The fourth-order valence-electron chi connectivity index (χ4n) is 3.02. The Labute approximate surface area is 165 Å². The lowest BCUT2D eigenvalue weighted by Crippen LogP contribution is -2.34. The highest BCUT2D eigenvalue weighted by atomic mass is 16.2. The van der Waals surface area contributed by atoms with Gasteiger partial charge in [-0.15, -0.1) is 0 Å². The van der Waals surface area contributed by atoms with Crippen molar-refractivity contribution >= 4 is 11.8 Å². The highest BCUT2D eigenvalue weighted by Crippen LogP contribution is 2.17. The molecule has 28 heavy (non-hydrogen) atoms. The summed E-state index contributed by atoms with van der Waals surface area (Å²) < 4.78 is 0. The van der Waals surface area contributed by atoms with Gasteiger partial charge in [-0.2, -0.15) is 0 Å². The van der Waals surface area contributed by atoms with Crippen LogP contribution in [0.25, 0.3) is 0 Å². The number of hydrogen-bond donors (Lipinski definition) is 2. The van der Waals surface area contributed by atoms with Gasteiger partial charge in [0.2, 0.25) is 5.91 Å². The number of carbonyl (C=O) groups excluding carboxylic acids is 2. The average molecular weight is 372 g/mol. The molecule has 0 aliphatic heterocycles. The van der Waals surface area contributed by atoms with Crippen molar-refractivity contribution in [1.29, 1.82) is 0 Å². The van der Waals surface area contributed by atoms with Crippen molar-refractivity contribution in [3.05, 3.63) is 108 Å². The average Bonchev–Trinajstić information content (AvgIpc) is 2.75. The molecule has 0 unspecified atom stereocenters. The number of carbonyl (C=O) groups is 2. The molecule has 0 aliphatic carbocycles.